The third kappa shape index (κ3) is 2.75. The lowest BCUT2D eigenvalue weighted by Crippen LogP contribution is -2.22. The van der Waals surface area contributed by atoms with Crippen LogP contribution < -0.4 is 5.73 Å². The van der Waals surface area contributed by atoms with E-state index in [1.807, 2.05) is 0 Å². The van der Waals surface area contributed by atoms with Gasteiger partial charge in [-0.15, -0.1) is 0 Å². The van der Waals surface area contributed by atoms with Crippen molar-refractivity contribution in [3.8, 4) is 0 Å². The fraction of sp³-hybridized carbons (Fsp3) is 0. The lowest BCUT2D eigenvalue weighted by atomic mass is 9.99. The molecule has 100 valence electrons. The van der Waals surface area contributed by atoms with Gasteiger partial charge in [-0.3, -0.25) is 10.2 Å². The molecule has 0 radical (unpaired) electrons. The molecule has 2 aromatic rings. The molecule has 0 bridgehead atoms. The summed E-state index contributed by atoms with van der Waals surface area (Å²) in [6.45, 7) is 0. The molecule has 0 heterocycles. The fourth-order valence-corrected chi connectivity index (χ4v) is 1.83. The summed E-state index contributed by atoms with van der Waals surface area (Å²) in [6.07, 6.45) is 0. The van der Waals surface area contributed by atoms with E-state index < -0.39 is 11.6 Å². The Balaban J connectivity index is 2.53. The molecular formula is C16H14N2O2. The summed E-state index contributed by atoms with van der Waals surface area (Å²) < 4.78 is 0. The van der Waals surface area contributed by atoms with E-state index in [1.54, 1.807) is 60.7 Å². The first-order valence-corrected chi connectivity index (χ1v) is 6.04. The van der Waals surface area contributed by atoms with Gasteiger partial charge in [-0.1, -0.05) is 60.7 Å². The number of Topliss-reactive ketones (excluding diaryl/α,β-unsaturated/α-hetero) is 1. The highest BCUT2D eigenvalue weighted by molar-refractivity contribution is 6.29. The maximum atomic E-state index is 12.4. The van der Waals surface area contributed by atoms with Crippen LogP contribution in [0.1, 0.15) is 15.9 Å². The Morgan fingerprint density at radius 3 is 1.80 bits per heavy atom. The molecule has 0 aliphatic heterocycles. The molecule has 0 aliphatic carbocycles. The molecule has 0 saturated carbocycles. The molecule has 20 heavy (non-hydrogen) atoms. The van der Waals surface area contributed by atoms with Gasteiger partial charge in [0.2, 0.25) is 0 Å². The molecule has 0 amide bonds. The van der Waals surface area contributed by atoms with Crippen LogP contribution in [0.4, 0.5) is 0 Å². The number of benzene rings is 2. The van der Waals surface area contributed by atoms with Gasteiger partial charge in [0.1, 0.15) is 17.2 Å². The van der Waals surface area contributed by atoms with Gasteiger partial charge in [0.15, 0.2) is 5.78 Å². The van der Waals surface area contributed by atoms with E-state index >= 15 is 0 Å². The van der Waals surface area contributed by atoms with Gasteiger partial charge in [-0.2, -0.15) is 0 Å². The smallest absolute Gasteiger partial charge is 0.200 e. The Labute approximate surface area is 116 Å². The Hall–Kier alpha value is -2.88. The minimum absolute atomic E-state index is 0.192. The first-order valence-electron chi connectivity index (χ1n) is 6.04. The molecule has 0 spiro atoms. The number of aliphatic hydroxyl groups excluding tert-OH is 1. The van der Waals surface area contributed by atoms with Crippen LogP contribution in [0.3, 0.4) is 0 Å². The van der Waals surface area contributed by atoms with E-state index in [2.05, 4.69) is 0 Å². The summed E-state index contributed by atoms with van der Waals surface area (Å²) in [5.74, 6) is -1.22. The maximum absolute atomic E-state index is 12.4. The molecule has 0 atom stereocenters. The molecule has 0 saturated heterocycles. The predicted molar refractivity (Wildman–Crippen MR) is 78.7 cm³/mol. The summed E-state index contributed by atoms with van der Waals surface area (Å²) in [6, 6.07) is 17.0. The van der Waals surface area contributed by atoms with E-state index in [4.69, 9.17) is 11.1 Å². The fourth-order valence-electron chi connectivity index (χ4n) is 1.83. The van der Waals surface area contributed by atoms with E-state index in [0.29, 0.717) is 11.1 Å². The van der Waals surface area contributed by atoms with E-state index in [1.165, 1.54) is 0 Å². The minimum atomic E-state index is -0.473. The maximum Gasteiger partial charge on any atom is 0.200 e. The van der Waals surface area contributed by atoms with Gasteiger partial charge in [0.05, 0.1) is 0 Å². The standard InChI is InChI=1S/C16H14N2O2/c17-16(18)13(14(19)11-7-3-1-4-8-11)15(20)12-9-5-2-6-10-12/h1-10,19H,(H3,17,18). The zero-order chi connectivity index (χ0) is 14.5. The number of ketones is 1. The minimum Gasteiger partial charge on any atom is -0.506 e. The number of hydrogen-bond donors (Lipinski definition) is 3. The summed E-state index contributed by atoms with van der Waals surface area (Å²) in [5.41, 5.74) is 6.09. The number of aliphatic hydroxyl groups is 1. The predicted octanol–water partition coefficient (Wildman–Crippen LogP) is 2.77. The van der Waals surface area contributed by atoms with Crippen molar-refractivity contribution in [1.82, 2.24) is 0 Å². The average Bonchev–Trinajstić information content (AvgIpc) is 2.48. The largest absolute Gasteiger partial charge is 0.506 e. The number of hydrogen-bond acceptors (Lipinski definition) is 3. The summed E-state index contributed by atoms with van der Waals surface area (Å²) in [7, 11) is 0. The second-order valence-corrected chi connectivity index (χ2v) is 4.20. The van der Waals surface area contributed by atoms with Crippen LogP contribution in [-0.2, 0) is 0 Å². The number of nitrogens with one attached hydrogen (secondary N) is 1. The van der Waals surface area contributed by atoms with Gasteiger partial charge < -0.3 is 10.8 Å². The van der Waals surface area contributed by atoms with Crippen LogP contribution in [0.5, 0.6) is 0 Å². The number of rotatable bonds is 4. The molecule has 0 fully saturated rings. The van der Waals surface area contributed by atoms with Crippen molar-refractivity contribution >= 4 is 17.4 Å². The zero-order valence-corrected chi connectivity index (χ0v) is 10.7. The lowest BCUT2D eigenvalue weighted by molar-refractivity contribution is 0.103. The van der Waals surface area contributed by atoms with Crippen LogP contribution in [0, 0.1) is 5.41 Å². The van der Waals surface area contributed by atoms with Crippen LogP contribution >= 0.6 is 0 Å². The first-order chi connectivity index (χ1) is 9.61. The van der Waals surface area contributed by atoms with Crippen molar-refractivity contribution in [2.24, 2.45) is 5.73 Å². The second kappa shape index (κ2) is 5.84. The highest BCUT2D eigenvalue weighted by Crippen LogP contribution is 2.19. The average molecular weight is 266 g/mol. The third-order valence-electron chi connectivity index (χ3n) is 2.82. The third-order valence-corrected chi connectivity index (χ3v) is 2.82. The second-order valence-electron chi connectivity index (χ2n) is 4.20. The SMILES string of the molecule is N=C(N)C(C(=O)c1ccccc1)=C(O)c1ccccc1. The molecule has 2 rings (SSSR count). The number of amidine groups is 1. The van der Waals surface area contributed by atoms with Crippen LogP contribution in [-0.4, -0.2) is 16.7 Å². The summed E-state index contributed by atoms with van der Waals surface area (Å²) in [4.78, 5) is 12.4. The molecule has 4 heteroatoms. The van der Waals surface area contributed by atoms with Crippen molar-refractivity contribution in [2.75, 3.05) is 0 Å². The van der Waals surface area contributed by atoms with Crippen LogP contribution in [0.25, 0.3) is 5.76 Å². The van der Waals surface area contributed by atoms with Gasteiger partial charge in [-0.05, 0) is 0 Å². The first kappa shape index (κ1) is 13.5. The normalized spacial score (nSPS) is 11.6. The van der Waals surface area contributed by atoms with E-state index in [0.717, 1.165) is 0 Å². The van der Waals surface area contributed by atoms with E-state index in [9.17, 15) is 9.90 Å². The molecule has 4 N–H and O–H groups in total. The molecule has 4 nitrogen and oxygen atoms in total. The molecule has 0 aromatic heterocycles. The number of carbonyl (C=O) groups is 1. The number of carbonyl (C=O) groups excluding carboxylic acids is 1. The van der Waals surface area contributed by atoms with Crippen molar-refractivity contribution < 1.29 is 9.90 Å². The summed E-state index contributed by atoms with van der Waals surface area (Å²) in [5, 5.41) is 17.8. The summed E-state index contributed by atoms with van der Waals surface area (Å²) >= 11 is 0. The van der Waals surface area contributed by atoms with Crippen LogP contribution in [0.15, 0.2) is 66.2 Å². The number of nitrogens with two attached hydrogens (primary N) is 1. The van der Waals surface area contributed by atoms with Gasteiger partial charge >= 0.3 is 0 Å². The topological polar surface area (TPSA) is 87.2 Å². The van der Waals surface area contributed by atoms with Crippen molar-refractivity contribution in [1.29, 1.82) is 5.41 Å². The van der Waals surface area contributed by atoms with Crippen LogP contribution in [0.2, 0.25) is 0 Å². The highest BCUT2D eigenvalue weighted by Gasteiger charge is 2.20. The molecule has 2 aromatic carbocycles. The highest BCUT2D eigenvalue weighted by atomic mass is 16.3. The zero-order valence-electron chi connectivity index (χ0n) is 10.7. The lowest BCUT2D eigenvalue weighted by Gasteiger charge is -2.09. The monoisotopic (exact) mass is 266 g/mol. The van der Waals surface area contributed by atoms with Crippen molar-refractivity contribution in [3.05, 3.63) is 77.4 Å². The van der Waals surface area contributed by atoms with Crippen molar-refractivity contribution in [3.63, 3.8) is 0 Å². The van der Waals surface area contributed by atoms with Gasteiger partial charge in [0.25, 0.3) is 0 Å². The Bertz CT molecular complexity index is 661. The Morgan fingerprint density at radius 2 is 1.35 bits per heavy atom. The molecule has 0 unspecified atom stereocenters. The molecular weight excluding hydrogens is 252 g/mol. The van der Waals surface area contributed by atoms with Crippen molar-refractivity contribution in [2.45, 2.75) is 0 Å². The van der Waals surface area contributed by atoms with E-state index in [-0.39, 0.29) is 11.3 Å². The molecule has 0 aliphatic rings. The Morgan fingerprint density at radius 1 is 0.900 bits per heavy atom. The quantitative estimate of drug-likeness (QED) is 0.261. The Kier molecular flexibility index (Phi) is 3.96. The van der Waals surface area contributed by atoms with Gasteiger partial charge in [0, 0.05) is 11.1 Å². The van der Waals surface area contributed by atoms with Gasteiger partial charge in [-0.25, -0.2) is 0 Å².